The summed E-state index contributed by atoms with van der Waals surface area (Å²) in [5, 5.41) is 5.89. The van der Waals surface area contributed by atoms with E-state index in [9.17, 15) is 14.4 Å². The van der Waals surface area contributed by atoms with E-state index in [1.807, 2.05) is 13.8 Å². The number of hydrogen-bond acceptors (Lipinski definition) is 5. The number of nitrogens with one attached hydrogen (secondary N) is 2. The third kappa shape index (κ3) is 4.20. The maximum Gasteiger partial charge on any atom is 0.273 e. The molecule has 1 aliphatic heterocycles. The first kappa shape index (κ1) is 18.3. The number of ether oxygens (including phenoxy) is 1. The first-order valence-corrected chi connectivity index (χ1v) is 8.80. The van der Waals surface area contributed by atoms with Crippen LogP contribution in [0, 0.1) is 0 Å². The highest BCUT2D eigenvalue weighted by atomic mass is 16.5. The lowest BCUT2D eigenvalue weighted by atomic mass is 10.2. The highest BCUT2D eigenvalue weighted by Crippen LogP contribution is 2.09. The van der Waals surface area contributed by atoms with Gasteiger partial charge in [-0.2, -0.15) is 0 Å². The molecule has 0 bridgehead atoms. The van der Waals surface area contributed by atoms with Crippen molar-refractivity contribution < 1.29 is 9.53 Å². The molecule has 3 rings (SSSR count). The van der Waals surface area contributed by atoms with Crippen LogP contribution in [0.25, 0.3) is 10.8 Å². The van der Waals surface area contributed by atoms with Crippen LogP contribution >= 0.6 is 0 Å². The van der Waals surface area contributed by atoms with E-state index in [1.165, 1.54) is 0 Å². The van der Waals surface area contributed by atoms with E-state index in [0.717, 1.165) is 17.8 Å². The molecule has 2 heterocycles. The molecule has 2 N–H and O–H groups in total. The molecule has 1 aromatic carbocycles. The fraction of sp³-hybridized carbons (Fsp3) is 0.500. The second kappa shape index (κ2) is 7.84. The lowest BCUT2D eigenvalue weighted by Gasteiger charge is -2.35. The summed E-state index contributed by atoms with van der Waals surface area (Å²) >= 11 is 0. The number of nitrogens with zero attached hydrogens (tertiary/aromatic N) is 2. The zero-order valence-electron chi connectivity index (χ0n) is 15.0. The molecule has 1 aromatic heterocycles. The molecule has 1 amide bonds. The predicted molar refractivity (Wildman–Crippen MR) is 98.3 cm³/mol. The SMILES string of the molecule is C[C@@H]1CN(CCNC(=O)Cn2[nH]c(=O)c3ccccc3c2=O)C[C@H](C)O1. The molecule has 1 fully saturated rings. The van der Waals surface area contributed by atoms with Gasteiger partial charge in [0.15, 0.2) is 0 Å². The van der Waals surface area contributed by atoms with Crippen molar-refractivity contribution in [2.45, 2.75) is 32.6 Å². The number of rotatable bonds is 5. The molecule has 2 atom stereocenters. The van der Waals surface area contributed by atoms with Crippen LogP contribution in [-0.2, 0) is 16.1 Å². The zero-order chi connectivity index (χ0) is 18.7. The largest absolute Gasteiger partial charge is 0.373 e. The smallest absolute Gasteiger partial charge is 0.273 e. The van der Waals surface area contributed by atoms with Gasteiger partial charge in [0.1, 0.15) is 6.54 Å². The van der Waals surface area contributed by atoms with Crippen LogP contribution in [0.15, 0.2) is 33.9 Å². The number of carbonyl (C=O) groups is 1. The summed E-state index contributed by atoms with van der Waals surface area (Å²) in [7, 11) is 0. The maximum atomic E-state index is 12.4. The van der Waals surface area contributed by atoms with Gasteiger partial charge in [-0.05, 0) is 26.0 Å². The van der Waals surface area contributed by atoms with Crippen LogP contribution in [0.3, 0.4) is 0 Å². The minimum absolute atomic E-state index is 0.177. The maximum absolute atomic E-state index is 12.4. The number of carbonyl (C=O) groups excluding carboxylic acids is 1. The molecular formula is C18H24N4O4. The van der Waals surface area contributed by atoms with Crippen LogP contribution in [-0.4, -0.2) is 59.0 Å². The minimum Gasteiger partial charge on any atom is -0.373 e. The Morgan fingerprint density at radius 2 is 1.85 bits per heavy atom. The second-order valence-corrected chi connectivity index (χ2v) is 6.74. The Morgan fingerprint density at radius 1 is 1.19 bits per heavy atom. The summed E-state index contributed by atoms with van der Waals surface area (Å²) < 4.78 is 6.74. The van der Waals surface area contributed by atoms with E-state index in [0.29, 0.717) is 23.9 Å². The van der Waals surface area contributed by atoms with Crippen molar-refractivity contribution in [3.05, 3.63) is 45.0 Å². The third-order valence-electron chi connectivity index (χ3n) is 4.43. The molecular weight excluding hydrogens is 336 g/mol. The Hall–Kier alpha value is -2.45. The molecule has 0 saturated carbocycles. The Labute approximate surface area is 150 Å². The van der Waals surface area contributed by atoms with E-state index in [2.05, 4.69) is 15.3 Å². The van der Waals surface area contributed by atoms with Gasteiger partial charge in [-0.25, -0.2) is 4.68 Å². The molecule has 0 radical (unpaired) electrons. The lowest BCUT2D eigenvalue weighted by Crippen LogP contribution is -2.48. The summed E-state index contributed by atoms with van der Waals surface area (Å²) in [4.78, 5) is 38.8. The van der Waals surface area contributed by atoms with Crippen LogP contribution < -0.4 is 16.4 Å². The molecule has 2 aromatic rings. The fourth-order valence-corrected chi connectivity index (χ4v) is 3.38. The van der Waals surface area contributed by atoms with Crippen LogP contribution in [0.5, 0.6) is 0 Å². The molecule has 140 valence electrons. The van der Waals surface area contributed by atoms with Crippen LogP contribution in [0.2, 0.25) is 0 Å². The fourth-order valence-electron chi connectivity index (χ4n) is 3.38. The number of aromatic amines is 1. The summed E-state index contributed by atoms with van der Waals surface area (Å²) in [5.41, 5.74) is -0.768. The third-order valence-corrected chi connectivity index (χ3v) is 4.43. The number of H-pyrrole nitrogens is 1. The summed E-state index contributed by atoms with van der Waals surface area (Å²) in [6.45, 7) is 6.70. The minimum atomic E-state index is -0.385. The van der Waals surface area contributed by atoms with Gasteiger partial charge in [0.25, 0.3) is 11.1 Å². The molecule has 1 saturated heterocycles. The van der Waals surface area contributed by atoms with E-state index < -0.39 is 0 Å². The van der Waals surface area contributed by atoms with Crippen molar-refractivity contribution in [3.8, 4) is 0 Å². The number of morpholine rings is 1. The summed E-state index contributed by atoms with van der Waals surface area (Å²) in [6, 6.07) is 6.56. The van der Waals surface area contributed by atoms with Crippen molar-refractivity contribution >= 4 is 16.7 Å². The van der Waals surface area contributed by atoms with E-state index >= 15 is 0 Å². The number of hydrogen-bond donors (Lipinski definition) is 2. The van der Waals surface area contributed by atoms with Gasteiger partial charge in [-0.15, -0.1) is 0 Å². The van der Waals surface area contributed by atoms with Gasteiger partial charge in [0.05, 0.1) is 23.0 Å². The normalized spacial score (nSPS) is 21.0. The van der Waals surface area contributed by atoms with Gasteiger partial charge in [-0.1, -0.05) is 12.1 Å². The van der Waals surface area contributed by atoms with Crippen molar-refractivity contribution in [2.24, 2.45) is 0 Å². The van der Waals surface area contributed by atoms with Crippen molar-refractivity contribution in [1.29, 1.82) is 0 Å². The number of fused-ring (bicyclic) bond motifs is 1. The highest BCUT2D eigenvalue weighted by molar-refractivity contribution is 5.81. The van der Waals surface area contributed by atoms with Gasteiger partial charge in [0, 0.05) is 26.2 Å². The Balaban J connectivity index is 1.59. The van der Waals surface area contributed by atoms with Gasteiger partial charge in [-0.3, -0.25) is 24.4 Å². The Morgan fingerprint density at radius 3 is 2.54 bits per heavy atom. The van der Waals surface area contributed by atoms with E-state index in [4.69, 9.17) is 4.74 Å². The van der Waals surface area contributed by atoms with Gasteiger partial charge >= 0.3 is 0 Å². The van der Waals surface area contributed by atoms with Crippen molar-refractivity contribution in [2.75, 3.05) is 26.2 Å². The monoisotopic (exact) mass is 360 g/mol. The average Bonchev–Trinajstić information content (AvgIpc) is 2.58. The number of benzene rings is 1. The number of aromatic nitrogens is 2. The average molecular weight is 360 g/mol. The quantitative estimate of drug-likeness (QED) is 0.777. The molecule has 1 aliphatic rings. The van der Waals surface area contributed by atoms with Crippen LogP contribution in [0.1, 0.15) is 13.8 Å². The standard InChI is InChI=1S/C18H24N4O4/c1-12-9-21(10-13(2)26-12)8-7-19-16(23)11-22-18(25)15-6-4-3-5-14(15)17(24)20-22/h3-6,12-13H,7-11H2,1-2H3,(H,19,23)(H,20,24)/t12-,13+. The van der Waals surface area contributed by atoms with Gasteiger partial charge in [0.2, 0.25) is 5.91 Å². The van der Waals surface area contributed by atoms with Crippen molar-refractivity contribution in [3.63, 3.8) is 0 Å². The molecule has 8 heteroatoms. The summed E-state index contributed by atoms with van der Waals surface area (Å²) in [6.07, 6.45) is 0.353. The molecule has 0 spiro atoms. The first-order chi connectivity index (χ1) is 12.4. The zero-order valence-corrected chi connectivity index (χ0v) is 15.0. The Kier molecular flexibility index (Phi) is 5.53. The predicted octanol–water partition coefficient (Wildman–Crippen LogP) is -0.0848. The molecule has 8 nitrogen and oxygen atoms in total. The topological polar surface area (TPSA) is 96.4 Å². The van der Waals surface area contributed by atoms with E-state index in [1.54, 1.807) is 24.3 Å². The molecule has 26 heavy (non-hydrogen) atoms. The first-order valence-electron chi connectivity index (χ1n) is 8.80. The highest BCUT2D eigenvalue weighted by Gasteiger charge is 2.21. The van der Waals surface area contributed by atoms with Crippen LogP contribution in [0.4, 0.5) is 0 Å². The molecule has 0 unspecified atom stereocenters. The number of amides is 1. The van der Waals surface area contributed by atoms with E-state index in [-0.39, 0.29) is 35.8 Å². The van der Waals surface area contributed by atoms with Gasteiger partial charge < -0.3 is 10.1 Å². The summed E-state index contributed by atoms with van der Waals surface area (Å²) in [5.74, 6) is -0.313. The van der Waals surface area contributed by atoms with Crippen molar-refractivity contribution in [1.82, 2.24) is 20.0 Å². The second-order valence-electron chi connectivity index (χ2n) is 6.74. The molecule has 0 aliphatic carbocycles. The lowest BCUT2D eigenvalue weighted by molar-refractivity contribution is -0.122. The Bertz CT molecular complexity index is 894.